The van der Waals surface area contributed by atoms with Gasteiger partial charge in [0.15, 0.2) is 0 Å². The van der Waals surface area contributed by atoms with Crippen LogP contribution >= 0.6 is 0 Å². The third kappa shape index (κ3) is 3.54. The van der Waals surface area contributed by atoms with Crippen LogP contribution in [0.2, 0.25) is 0 Å². The molecule has 0 spiro atoms. The third-order valence-electron chi connectivity index (χ3n) is 2.37. The number of sulfonamides is 1. The van der Waals surface area contributed by atoms with Crippen LogP contribution in [-0.4, -0.2) is 34.7 Å². The fourth-order valence-corrected chi connectivity index (χ4v) is 2.64. The van der Waals surface area contributed by atoms with Gasteiger partial charge in [0.05, 0.1) is 11.3 Å². The van der Waals surface area contributed by atoms with Gasteiger partial charge in [0.25, 0.3) is 5.95 Å². The smallest absolute Gasteiger partial charge is 0.335 e. The van der Waals surface area contributed by atoms with E-state index >= 15 is 0 Å². The van der Waals surface area contributed by atoms with E-state index in [2.05, 4.69) is 19.9 Å². The predicted molar refractivity (Wildman–Crippen MR) is 70.8 cm³/mol. The van der Waals surface area contributed by atoms with Crippen LogP contribution in [0.3, 0.4) is 0 Å². The average molecular weight is 296 g/mol. The van der Waals surface area contributed by atoms with Gasteiger partial charge in [-0.1, -0.05) is 12.1 Å². The van der Waals surface area contributed by atoms with Gasteiger partial charge < -0.3 is 5.11 Å². The summed E-state index contributed by atoms with van der Waals surface area (Å²) < 4.78 is 26.0. The van der Waals surface area contributed by atoms with Crippen molar-refractivity contribution in [3.05, 3.63) is 41.2 Å². The predicted octanol–water partition coefficient (Wildman–Crippen LogP) is 0.753. The van der Waals surface area contributed by atoms with Crippen LogP contribution in [-0.2, 0) is 15.8 Å². The van der Waals surface area contributed by atoms with Gasteiger partial charge in [-0.3, -0.25) is 5.10 Å². The molecule has 2 aromatic rings. The number of H-pyrrole nitrogens is 1. The molecular weight excluding hydrogens is 284 g/mol. The van der Waals surface area contributed by atoms with E-state index in [1.165, 1.54) is 24.3 Å². The molecule has 0 aliphatic carbocycles. The average Bonchev–Trinajstić information content (AvgIpc) is 2.73. The molecule has 106 valence electrons. The highest BCUT2D eigenvalue weighted by atomic mass is 32.2. The minimum atomic E-state index is -3.70. The topological polar surface area (TPSA) is 125 Å². The maximum atomic E-state index is 11.9. The van der Waals surface area contributed by atoms with E-state index in [1.54, 1.807) is 6.92 Å². The Morgan fingerprint density at radius 1 is 1.45 bits per heavy atom. The summed E-state index contributed by atoms with van der Waals surface area (Å²) in [5.74, 6) is -1.03. The molecule has 0 fully saturated rings. The molecule has 0 aliphatic heterocycles. The number of aromatic amines is 1. The number of benzene rings is 1. The number of carboxylic acid groups (broad SMARTS) is 1. The summed E-state index contributed by atoms with van der Waals surface area (Å²) in [5.41, 5.74) is 0.399. The van der Waals surface area contributed by atoms with Crippen molar-refractivity contribution in [3.63, 3.8) is 0 Å². The van der Waals surface area contributed by atoms with Crippen molar-refractivity contribution >= 4 is 21.9 Å². The molecule has 0 saturated heterocycles. The Labute approximate surface area is 114 Å². The fourth-order valence-electron chi connectivity index (χ4n) is 1.58. The maximum absolute atomic E-state index is 11.9. The molecule has 0 saturated carbocycles. The van der Waals surface area contributed by atoms with Gasteiger partial charge in [-0.15, -0.1) is 5.10 Å². The Balaban J connectivity index is 2.15. The number of nitrogens with zero attached hydrogens (tertiary/aromatic N) is 2. The first kappa shape index (κ1) is 14.0. The molecule has 8 nitrogen and oxygen atoms in total. The summed E-state index contributed by atoms with van der Waals surface area (Å²) in [6.45, 7) is 1.64. The molecule has 20 heavy (non-hydrogen) atoms. The first-order chi connectivity index (χ1) is 9.35. The van der Waals surface area contributed by atoms with E-state index in [-0.39, 0.29) is 17.3 Å². The summed E-state index contributed by atoms with van der Waals surface area (Å²) in [4.78, 5) is 14.7. The number of rotatable bonds is 5. The van der Waals surface area contributed by atoms with E-state index in [4.69, 9.17) is 5.11 Å². The number of aromatic nitrogens is 3. The van der Waals surface area contributed by atoms with Crippen molar-refractivity contribution in [2.75, 3.05) is 4.72 Å². The summed E-state index contributed by atoms with van der Waals surface area (Å²) in [5, 5.41) is 15.0. The molecular formula is C11H12N4O4S. The molecule has 9 heteroatoms. The number of hydrogen-bond acceptors (Lipinski definition) is 5. The normalized spacial score (nSPS) is 11.2. The van der Waals surface area contributed by atoms with Crippen molar-refractivity contribution in [1.29, 1.82) is 0 Å². The third-order valence-corrected chi connectivity index (χ3v) is 3.58. The summed E-state index contributed by atoms with van der Waals surface area (Å²) in [7, 11) is -3.70. The number of anilines is 1. The highest BCUT2D eigenvalue weighted by Gasteiger charge is 2.15. The number of nitrogens with one attached hydrogen (secondary N) is 2. The largest absolute Gasteiger partial charge is 0.478 e. The van der Waals surface area contributed by atoms with Crippen LogP contribution in [0.25, 0.3) is 0 Å². The van der Waals surface area contributed by atoms with Crippen molar-refractivity contribution in [2.45, 2.75) is 12.7 Å². The second-order valence-corrected chi connectivity index (χ2v) is 5.83. The Morgan fingerprint density at radius 3 is 2.80 bits per heavy atom. The fraction of sp³-hybridized carbons (Fsp3) is 0.182. The molecule has 0 unspecified atom stereocenters. The van der Waals surface area contributed by atoms with E-state index < -0.39 is 16.0 Å². The Morgan fingerprint density at radius 2 is 2.20 bits per heavy atom. The lowest BCUT2D eigenvalue weighted by molar-refractivity contribution is 0.0696. The van der Waals surface area contributed by atoms with Gasteiger partial charge in [0, 0.05) is 0 Å². The zero-order chi connectivity index (χ0) is 14.8. The van der Waals surface area contributed by atoms with Crippen LogP contribution in [0, 0.1) is 6.92 Å². The van der Waals surface area contributed by atoms with Crippen LogP contribution in [0.4, 0.5) is 5.95 Å². The summed E-state index contributed by atoms with van der Waals surface area (Å²) in [6.07, 6.45) is 0. The molecule has 1 aromatic heterocycles. The molecule has 3 N–H and O–H groups in total. The second kappa shape index (κ2) is 5.29. The van der Waals surface area contributed by atoms with E-state index in [0.717, 1.165) is 0 Å². The lowest BCUT2D eigenvalue weighted by atomic mass is 10.1. The maximum Gasteiger partial charge on any atom is 0.335 e. The Hall–Kier alpha value is -2.42. The molecule has 0 amide bonds. The first-order valence-electron chi connectivity index (χ1n) is 5.57. The van der Waals surface area contributed by atoms with Gasteiger partial charge in [0.2, 0.25) is 10.0 Å². The molecule has 1 aromatic carbocycles. The van der Waals surface area contributed by atoms with Crippen LogP contribution in [0.1, 0.15) is 21.7 Å². The number of carbonyl (C=O) groups is 1. The van der Waals surface area contributed by atoms with Crippen molar-refractivity contribution in [1.82, 2.24) is 15.2 Å². The lowest BCUT2D eigenvalue weighted by Gasteiger charge is -2.05. The van der Waals surface area contributed by atoms with Crippen LogP contribution in [0.5, 0.6) is 0 Å². The monoisotopic (exact) mass is 296 g/mol. The molecule has 1 heterocycles. The van der Waals surface area contributed by atoms with Gasteiger partial charge in [-0.05, 0) is 24.6 Å². The summed E-state index contributed by atoms with van der Waals surface area (Å²) in [6, 6.07) is 5.73. The van der Waals surface area contributed by atoms with E-state index in [9.17, 15) is 13.2 Å². The number of aromatic carboxylic acids is 1. The van der Waals surface area contributed by atoms with Crippen LogP contribution < -0.4 is 4.72 Å². The highest BCUT2D eigenvalue weighted by Crippen LogP contribution is 2.11. The Bertz CT molecular complexity index is 738. The van der Waals surface area contributed by atoms with Crippen LogP contribution in [0.15, 0.2) is 24.3 Å². The zero-order valence-electron chi connectivity index (χ0n) is 10.5. The minimum Gasteiger partial charge on any atom is -0.478 e. The van der Waals surface area contributed by atoms with Gasteiger partial charge in [0.1, 0.15) is 5.82 Å². The standard InChI is InChI=1S/C11H12N4O4S/c1-7-12-11(14-13-7)15-20(18,19)6-8-3-2-4-9(5-8)10(16)17/h2-5H,6H2,1H3,(H,16,17)(H2,12,13,14,15). The Kier molecular flexibility index (Phi) is 3.70. The molecule has 0 radical (unpaired) electrons. The van der Waals surface area contributed by atoms with Gasteiger partial charge >= 0.3 is 5.97 Å². The SMILES string of the molecule is Cc1nc(NS(=O)(=O)Cc2cccc(C(=O)O)c2)n[nH]1. The number of hydrogen-bond donors (Lipinski definition) is 3. The van der Waals surface area contributed by atoms with Gasteiger partial charge in [-0.25, -0.2) is 17.9 Å². The van der Waals surface area contributed by atoms with E-state index in [1.807, 2.05) is 0 Å². The molecule has 0 atom stereocenters. The molecule has 2 rings (SSSR count). The number of aryl methyl sites for hydroxylation is 1. The molecule has 0 aliphatic rings. The highest BCUT2D eigenvalue weighted by molar-refractivity contribution is 7.91. The second-order valence-electron chi connectivity index (χ2n) is 4.11. The lowest BCUT2D eigenvalue weighted by Crippen LogP contribution is -2.16. The quantitative estimate of drug-likeness (QED) is 0.747. The van der Waals surface area contributed by atoms with Gasteiger partial charge in [-0.2, -0.15) is 4.98 Å². The number of carboxylic acids is 1. The molecule has 0 bridgehead atoms. The van der Waals surface area contributed by atoms with Crippen molar-refractivity contribution < 1.29 is 18.3 Å². The minimum absolute atomic E-state index is 0.0337. The summed E-state index contributed by atoms with van der Waals surface area (Å²) >= 11 is 0. The van der Waals surface area contributed by atoms with E-state index in [0.29, 0.717) is 11.4 Å². The zero-order valence-corrected chi connectivity index (χ0v) is 11.3. The van der Waals surface area contributed by atoms with Crippen molar-refractivity contribution in [2.24, 2.45) is 0 Å². The first-order valence-corrected chi connectivity index (χ1v) is 7.23. The van der Waals surface area contributed by atoms with Crippen molar-refractivity contribution in [3.8, 4) is 0 Å².